The van der Waals surface area contributed by atoms with Crippen molar-refractivity contribution in [3.05, 3.63) is 0 Å². The van der Waals surface area contributed by atoms with E-state index < -0.39 is 52.1 Å². The summed E-state index contributed by atoms with van der Waals surface area (Å²) in [7, 11) is -2.90. The van der Waals surface area contributed by atoms with Crippen LogP contribution >= 0.6 is 0 Å². The molecule has 3 heterocycles. The van der Waals surface area contributed by atoms with Crippen LogP contribution in [-0.4, -0.2) is 63.9 Å². The Morgan fingerprint density at radius 2 is 1.96 bits per heavy atom. The molecular formula is C18H30O9S. The summed E-state index contributed by atoms with van der Waals surface area (Å²) in [6.07, 6.45) is -0.674. The predicted molar refractivity (Wildman–Crippen MR) is 96.5 cm³/mol. The van der Waals surface area contributed by atoms with Crippen LogP contribution in [0.3, 0.4) is 0 Å². The van der Waals surface area contributed by atoms with Crippen LogP contribution < -0.4 is 0 Å². The lowest BCUT2D eigenvalue weighted by atomic mass is 9.76. The van der Waals surface area contributed by atoms with Crippen LogP contribution in [0.1, 0.15) is 53.4 Å². The van der Waals surface area contributed by atoms with Crippen LogP contribution in [-0.2, 0) is 42.5 Å². The van der Waals surface area contributed by atoms with Crippen molar-refractivity contribution >= 4 is 16.4 Å². The summed E-state index contributed by atoms with van der Waals surface area (Å²) in [5.41, 5.74) is -1.15. The predicted octanol–water partition coefficient (Wildman–Crippen LogP) is 1.69. The van der Waals surface area contributed by atoms with Gasteiger partial charge in [-0.25, -0.2) is 8.37 Å². The number of esters is 1. The summed E-state index contributed by atoms with van der Waals surface area (Å²) in [4.78, 5) is 12.3. The van der Waals surface area contributed by atoms with E-state index in [1.807, 2.05) is 13.8 Å². The molecule has 3 aliphatic rings. The molecule has 0 aromatic heterocycles. The Labute approximate surface area is 166 Å². The molecule has 1 spiro atoms. The van der Waals surface area contributed by atoms with E-state index >= 15 is 0 Å². The fraction of sp³-hybridized carbons (Fsp3) is 0.944. The quantitative estimate of drug-likeness (QED) is 0.612. The van der Waals surface area contributed by atoms with Gasteiger partial charge in [-0.2, -0.15) is 8.42 Å². The Morgan fingerprint density at radius 1 is 1.25 bits per heavy atom. The fourth-order valence-corrected chi connectivity index (χ4v) is 5.51. The van der Waals surface area contributed by atoms with Crippen LogP contribution in [0.15, 0.2) is 0 Å². The number of carbonyl (C=O) groups is 1. The van der Waals surface area contributed by atoms with Crippen molar-refractivity contribution in [3.63, 3.8) is 0 Å². The molecule has 3 fully saturated rings. The highest BCUT2D eigenvalue weighted by Crippen LogP contribution is 2.50. The van der Waals surface area contributed by atoms with E-state index in [0.717, 1.165) is 6.42 Å². The lowest BCUT2D eigenvalue weighted by Crippen LogP contribution is -2.66. The minimum Gasteiger partial charge on any atom is -0.469 e. The van der Waals surface area contributed by atoms with Gasteiger partial charge in [0.1, 0.15) is 12.2 Å². The zero-order chi connectivity index (χ0) is 20.7. The van der Waals surface area contributed by atoms with E-state index in [2.05, 4.69) is 0 Å². The van der Waals surface area contributed by atoms with E-state index in [1.165, 1.54) is 7.11 Å². The minimum absolute atomic E-state index is 0.148. The molecule has 0 saturated carbocycles. The van der Waals surface area contributed by atoms with Gasteiger partial charge in [0.25, 0.3) is 0 Å². The van der Waals surface area contributed by atoms with E-state index in [4.69, 9.17) is 27.3 Å². The van der Waals surface area contributed by atoms with Gasteiger partial charge in [-0.15, -0.1) is 0 Å². The third-order valence-corrected chi connectivity index (χ3v) is 6.56. The van der Waals surface area contributed by atoms with Crippen LogP contribution in [0.2, 0.25) is 0 Å². The van der Waals surface area contributed by atoms with Crippen molar-refractivity contribution in [2.45, 2.75) is 89.2 Å². The van der Waals surface area contributed by atoms with Gasteiger partial charge >= 0.3 is 16.4 Å². The Bertz CT molecular complexity index is 691. The average molecular weight is 422 g/mol. The van der Waals surface area contributed by atoms with Gasteiger partial charge in [0.05, 0.1) is 31.8 Å². The number of rotatable bonds is 5. The van der Waals surface area contributed by atoms with Crippen LogP contribution in [0.25, 0.3) is 0 Å². The fourth-order valence-electron chi connectivity index (χ4n) is 4.65. The average Bonchev–Trinajstić information content (AvgIpc) is 2.89. The first-order valence-electron chi connectivity index (χ1n) is 9.77. The summed E-state index contributed by atoms with van der Waals surface area (Å²) in [6, 6.07) is 0. The second-order valence-electron chi connectivity index (χ2n) is 7.97. The van der Waals surface area contributed by atoms with Gasteiger partial charge in [-0.1, -0.05) is 20.3 Å². The first-order chi connectivity index (χ1) is 13.1. The lowest BCUT2D eigenvalue weighted by Gasteiger charge is -2.48. The van der Waals surface area contributed by atoms with E-state index in [0.29, 0.717) is 12.8 Å². The van der Waals surface area contributed by atoms with E-state index in [1.54, 1.807) is 13.8 Å². The maximum atomic E-state index is 12.3. The highest BCUT2D eigenvalue weighted by Gasteiger charge is 2.67. The van der Waals surface area contributed by atoms with Gasteiger partial charge < -0.3 is 18.9 Å². The zero-order valence-electron chi connectivity index (χ0n) is 17.0. The van der Waals surface area contributed by atoms with Crippen LogP contribution in [0, 0.1) is 5.92 Å². The van der Waals surface area contributed by atoms with Crippen molar-refractivity contribution in [1.82, 2.24) is 0 Å². The smallest absolute Gasteiger partial charge is 0.400 e. The number of ether oxygens (including phenoxy) is 4. The molecule has 0 aromatic rings. The molecule has 0 aliphatic carbocycles. The Balaban J connectivity index is 2.01. The highest BCUT2D eigenvalue weighted by molar-refractivity contribution is 7.81. The Hall–Kier alpha value is -0.780. The monoisotopic (exact) mass is 422 g/mol. The van der Waals surface area contributed by atoms with Crippen molar-refractivity contribution in [2.75, 3.05) is 13.7 Å². The van der Waals surface area contributed by atoms with Gasteiger partial charge in [-0.3, -0.25) is 4.79 Å². The topological polar surface area (TPSA) is 107 Å². The summed E-state index contributed by atoms with van der Waals surface area (Å²) in [5.74, 6) is -1.85. The zero-order valence-corrected chi connectivity index (χ0v) is 17.8. The summed E-state index contributed by atoms with van der Waals surface area (Å²) in [6.45, 7) is 7.16. The molecule has 0 radical (unpaired) electrons. The van der Waals surface area contributed by atoms with Crippen molar-refractivity contribution in [2.24, 2.45) is 5.92 Å². The molecule has 2 bridgehead atoms. The molecule has 0 unspecified atom stereocenters. The first kappa shape index (κ1) is 21.9. The molecule has 3 saturated heterocycles. The molecular weight excluding hydrogens is 392 g/mol. The van der Waals surface area contributed by atoms with Gasteiger partial charge in [0.2, 0.25) is 0 Å². The number of hydrogen-bond acceptors (Lipinski definition) is 9. The van der Waals surface area contributed by atoms with Crippen molar-refractivity contribution < 1.29 is 40.5 Å². The Kier molecular flexibility index (Phi) is 6.11. The van der Waals surface area contributed by atoms with Crippen LogP contribution in [0.5, 0.6) is 0 Å². The van der Waals surface area contributed by atoms with Gasteiger partial charge in [-0.05, 0) is 26.7 Å². The summed E-state index contributed by atoms with van der Waals surface area (Å²) < 4.78 is 58.3. The van der Waals surface area contributed by atoms with Crippen LogP contribution in [0.4, 0.5) is 0 Å². The maximum absolute atomic E-state index is 12.3. The van der Waals surface area contributed by atoms with Crippen molar-refractivity contribution in [3.8, 4) is 0 Å². The third-order valence-electron chi connectivity index (χ3n) is 5.66. The van der Waals surface area contributed by atoms with Gasteiger partial charge in [0, 0.05) is 6.42 Å². The van der Waals surface area contributed by atoms with E-state index in [-0.39, 0.29) is 19.0 Å². The molecule has 6 atom stereocenters. The molecule has 0 N–H and O–H groups in total. The lowest BCUT2D eigenvalue weighted by molar-refractivity contribution is -0.260. The molecule has 9 nitrogen and oxygen atoms in total. The summed E-state index contributed by atoms with van der Waals surface area (Å²) in [5, 5.41) is 0. The molecule has 3 aliphatic heterocycles. The first-order valence-corrected chi connectivity index (χ1v) is 11.1. The minimum atomic E-state index is -4.22. The molecule has 28 heavy (non-hydrogen) atoms. The molecule has 0 amide bonds. The number of hydrogen-bond donors (Lipinski definition) is 0. The molecule has 3 rings (SSSR count). The second-order valence-corrected chi connectivity index (χ2v) is 9.21. The highest BCUT2D eigenvalue weighted by atomic mass is 32.3. The standard InChI is InChI=1S/C18H30O9S/c1-6-8-11(16(19)22-5)12-9-14-18(13(7-2)25-17(3,4)27-18)15(24-12)10-23-28(20,21)26-14/h11-15H,6-10H2,1-5H3/t11-,12+,13+,14-,15-,18+/m1/s1. The third kappa shape index (κ3) is 3.82. The second kappa shape index (κ2) is 7.81. The van der Waals surface area contributed by atoms with E-state index in [9.17, 15) is 13.2 Å². The molecule has 0 aromatic carbocycles. The largest absolute Gasteiger partial charge is 0.469 e. The maximum Gasteiger partial charge on any atom is 0.400 e. The van der Waals surface area contributed by atoms with Crippen molar-refractivity contribution in [1.29, 1.82) is 0 Å². The normalized spacial score (nSPS) is 40.0. The number of methoxy groups -OCH3 is 1. The number of carbonyl (C=O) groups excluding carboxylic acids is 1. The Morgan fingerprint density at radius 3 is 2.57 bits per heavy atom. The molecule has 162 valence electrons. The summed E-state index contributed by atoms with van der Waals surface area (Å²) >= 11 is 0. The molecule has 10 heteroatoms. The van der Waals surface area contributed by atoms with Gasteiger partial charge in [0.15, 0.2) is 11.4 Å². The SMILES string of the molecule is CCC[C@@H](C(=O)OC)[C@@H]1C[C@H]2OS(=O)(=O)OC[C@@H](O1)[C@@]21OC(C)(C)O[C@H]1CC.